The van der Waals surface area contributed by atoms with E-state index in [0.717, 1.165) is 93.5 Å². The van der Waals surface area contributed by atoms with Crippen LogP contribution in [0.4, 0.5) is 10.6 Å². The maximum absolute atomic E-state index is 12.4. The number of anilines is 1. The van der Waals surface area contributed by atoms with Crippen molar-refractivity contribution in [3.63, 3.8) is 0 Å². The Kier molecular flexibility index (Phi) is 7.42. The van der Waals surface area contributed by atoms with Crippen molar-refractivity contribution in [1.29, 1.82) is 0 Å². The Bertz CT molecular complexity index is 1310. The molecule has 9 nitrogen and oxygen atoms in total. The summed E-state index contributed by atoms with van der Waals surface area (Å²) in [6.07, 6.45) is 5.76. The van der Waals surface area contributed by atoms with E-state index in [1.807, 2.05) is 25.7 Å². The average Bonchev–Trinajstić information content (AvgIpc) is 3.51. The third-order valence-corrected chi connectivity index (χ3v) is 8.81. The first-order valence-electron chi connectivity index (χ1n) is 15.2. The number of carbonyl (C=O) groups is 1. The number of likely N-dealkylation sites (tertiary alicyclic amines) is 1. The molecule has 3 aliphatic heterocycles. The van der Waals surface area contributed by atoms with Crippen LogP contribution in [0.5, 0.6) is 5.75 Å². The minimum absolute atomic E-state index is 0.0114. The van der Waals surface area contributed by atoms with Gasteiger partial charge in [0.1, 0.15) is 29.1 Å². The summed E-state index contributed by atoms with van der Waals surface area (Å²) in [5.41, 5.74) is 3.67. The molecular formula is C32H44N6O3. The number of benzene rings is 1. The normalized spacial score (nSPS) is 22.8. The molecule has 4 heterocycles. The number of hydrogen-bond acceptors (Lipinski definition) is 8. The molecule has 2 saturated heterocycles. The summed E-state index contributed by atoms with van der Waals surface area (Å²) in [6.45, 7) is 16.4. The lowest BCUT2D eigenvalue weighted by molar-refractivity contribution is 0.0161. The zero-order chi connectivity index (χ0) is 28.8. The van der Waals surface area contributed by atoms with E-state index >= 15 is 0 Å². The fraction of sp³-hybridized carbons (Fsp3) is 0.625. The van der Waals surface area contributed by atoms with Crippen LogP contribution in [-0.4, -0.2) is 88.1 Å². The number of carbonyl (C=O) groups excluding carboxylic acids is 1. The maximum Gasteiger partial charge on any atom is 0.410 e. The van der Waals surface area contributed by atoms with Crippen LogP contribution in [-0.2, 0) is 11.3 Å². The van der Waals surface area contributed by atoms with E-state index in [2.05, 4.69) is 57.9 Å². The van der Waals surface area contributed by atoms with Crippen molar-refractivity contribution in [2.24, 2.45) is 10.9 Å². The Morgan fingerprint density at radius 1 is 1.07 bits per heavy atom. The highest BCUT2D eigenvalue weighted by Gasteiger charge is 2.40. The molecule has 0 N–H and O–H groups in total. The van der Waals surface area contributed by atoms with Crippen molar-refractivity contribution in [3.8, 4) is 5.75 Å². The number of piperazine rings is 1. The van der Waals surface area contributed by atoms with Gasteiger partial charge in [0.05, 0.1) is 18.0 Å². The molecule has 1 aromatic heterocycles. The van der Waals surface area contributed by atoms with Crippen LogP contribution in [0.1, 0.15) is 77.1 Å². The summed E-state index contributed by atoms with van der Waals surface area (Å²) >= 11 is 0. The van der Waals surface area contributed by atoms with Gasteiger partial charge in [-0.1, -0.05) is 6.07 Å². The lowest BCUT2D eigenvalue weighted by Gasteiger charge is -2.43. The number of nitrogens with zero attached hydrogens (tertiary/aromatic N) is 6. The van der Waals surface area contributed by atoms with Gasteiger partial charge in [-0.25, -0.2) is 14.8 Å². The van der Waals surface area contributed by atoms with Crippen LogP contribution in [0.2, 0.25) is 0 Å². The molecule has 41 heavy (non-hydrogen) atoms. The fourth-order valence-electron chi connectivity index (χ4n) is 6.09. The van der Waals surface area contributed by atoms with Gasteiger partial charge in [0, 0.05) is 56.9 Å². The van der Waals surface area contributed by atoms with Crippen molar-refractivity contribution in [3.05, 3.63) is 47.4 Å². The van der Waals surface area contributed by atoms with Crippen molar-refractivity contribution in [1.82, 2.24) is 19.8 Å². The molecule has 1 aromatic carbocycles. The Labute approximate surface area is 243 Å². The van der Waals surface area contributed by atoms with Gasteiger partial charge in [0.15, 0.2) is 0 Å². The van der Waals surface area contributed by atoms with Gasteiger partial charge in [-0.15, -0.1) is 0 Å². The van der Waals surface area contributed by atoms with Crippen LogP contribution >= 0.6 is 0 Å². The van der Waals surface area contributed by atoms with Crippen molar-refractivity contribution >= 4 is 17.6 Å². The summed E-state index contributed by atoms with van der Waals surface area (Å²) < 4.78 is 11.8. The Hall–Kier alpha value is -3.20. The van der Waals surface area contributed by atoms with E-state index in [0.29, 0.717) is 18.5 Å². The smallest absolute Gasteiger partial charge is 0.410 e. The number of ether oxygens (including phenoxy) is 2. The predicted molar refractivity (Wildman–Crippen MR) is 160 cm³/mol. The quantitative estimate of drug-likeness (QED) is 0.496. The molecule has 6 rings (SSSR count). The van der Waals surface area contributed by atoms with Gasteiger partial charge in [-0.3, -0.25) is 9.89 Å². The molecule has 1 saturated carbocycles. The van der Waals surface area contributed by atoms with Crippen LogP contribution in [0, 0.1) is 5.92 Å². The third-order valence-electron chi connectivity index (χ3n) is 8.81. The van der Waals surface area contributed by atoms with Crippen molar-refractivity contribution in [2.75, 3.05) is 44.2 Å². The SMILES string of the molecule is C[C@H]1CN(c2cc(C3=NCc4ccc(OC5(C)CC5)cc43)ncn2)CCN1CC1CCN(C(=O)OC(C)(C)C)CC1. The molecule has 0 spiro atoms. The summed E-state index contributed by atoms with van der Waals surface area (Å²) in [5, 5.41) is 0. The minimum Gasteiger partial charge on any atom is -0.488 e. The van der Waals surface area contributed by atoms with Crippen LogP contribution in [0.3, 0.4) is 0 Å². The van der Waals surface area contributed by atoms with E-state index in [1.54, 1.807) is 6.33 Å². The summed E-state index contributed by atoms with van der Waals surface area (Å²) in [6, 6.07) is 8.84. The maximum atomic E-state index is 12.4. The molecule has 4 aliphatic rings. The molecule has 220 valence electrons. The number of amides is 1. The van der Waals surface area contributed by atoms with Crippen LogP contribution < -0.4 is 9.64 Å². The molecule has 9 heteroatoms. The first-order chi connectivity index (χ1) is 19.6. The summed E-state index contributed by atoms with van der Waals surface area (Å²) in [7, 11) is 0. The second kappa shape index (κ2) is 10.9. The van der Waals surface area contributed by atoms with E-state index in [4.69, 9.17) is 14.5 Å². The summed E-state index contributed by atoms with van der Waals surface area (Å²) in [5.74, 6) is 2.47. The highest BCUT2D eigenvalue weighted by Crippen LogP contribution is 2.40. The Balaban J connectivity index is 1.04. The minimum atomic E-state index is -0.449. The van der Waals surface area contributed by atoms with Crippen molar-refractivity contribution in [2.45, 2.75) is 84.1 Å². The second-order valence-electron chi connectivity index (χ2n) is 13.5. The van der Waals surface area contributed by atoms with Crippen molar-refractivity contribution < 1.29 is 14.3 Å². The lowest BCUT2D eigenvalue weighted by atomic mass is 9.95. The van der Waals surface area contributed by atoms with E-state index in [-0.39, 0.29) is 11.7 Å². The number of fused-ring (bicyclic) bond motifs is 1. The number of hydrogen-bond donors (Lipinski definition) is 0. The van der Waals surface area contributed by atoms with Gasteiger partial charge in [0.2, 0.25) is 0 Å². The molecule has 2 aromatic rings. The van der Waals surface area contributed by atoms with Gasteiger partial charge in [-0.2, -0.15) is 0 Å². The highest BCUT2D eigenvalue weighted by atomic mass is 16.6. The molecule has 0 radical (unpaired) electrons. The zero-order valence-electron chi connectivity index (χ0n) is 25.2. The Morgan fingerprint density at radius 3 is 2.56 bits per heavy atom. The Morgan fingerprint density at radius 2 is 1.85 bits per heavy atom. The van der Waals surface area contributed by atoms with Gasteiger partial charge >= 0.3 is 6.09 Å². The number of aromatic nitrogens is 2. The number of aliphatic imine (C=N–C) groups is 1. The largest absolute Gasteiger partial charge is 0.488 e. The molecule has 1 amide bonds. The summed E-state index contributed by atoms with van der Waals surface area (Å²) in [4.78, 5) is 33.4. The van der Waals surface area contributed by atoms with Crippen LogP contribution in [0.15, 0.2) is 35.6 Å². The number of piperidine rings is 1. The van der Waals surface area contributed by atoms with Gasteiger partial charge < -0.3 is 19.3 Å². The topological polar surface area (TPSA) is 83.4 Å². The average molecular weight is 561 g/mol. The molecule has 0 unspecified atom stereocenters. The molecular weight excluding hydrogens is 516 g/mol. The third kappa shape index (κ3) is 6.50. The monoisotopic (exact) mass is 560 g/mol. The van der Waals surface area contributed by atoms with Gasteiger partial charge in [-0.05, 0) is 83.9 Å². The molecule has 1 atom stereocenters. The van der Waals surface area contributed by atoms with Gasteiger partial charge in [0.25, 0.3) is 0 Å². The predicted octanol–water partition coefficient (Wildman–Crippen LogP) is 4.92. The van der Waals surface area contributed by atoms with E-state index < -0.39 is 5.60 Å². The zero-order valence-corrected chi connectivity index (χ0v) is 25.2. The second-order valence-corrected chi connectivity index (χ2v) is 13.5. The molecule has 3 fully saturated rings. The standard InChI is InChI=1S/C32H44N6O3/c1-22-19-38(15-14-37(22)20-23-8-12-36(13-9-23)30(39)41-31(2,3)4)28-17-27(34-21-35-28)29-26-16-25(40-32(5)10-11-32)7-6-24(26)18-33-29/h6-7,16-17,21-23H,8-15,18-20H2,1-5H3/t22-/m0/s1. The van der Waals surface area contributed by atoms with Crippen LogP contribution in [0.25, 0.3) is 0 Å². The fourth-order valence-corrected chi connectivity index (χ4v) is 6.09. The molecule has 1 aliphatic carbocycles. The molecule has 0 bridgehead atoms. The number of rotatable bonds is 6. The first kappa shape index (κ1) is 27.9. The van der Waals surface area contributed by atoms with E-state index in [1.165, 1.54) is 5.56 Å². The lowest BCUT2D eigenvalue weighted by Crippen LogP contribution is -2.54. The highest BCUT2D eigenvalue weighted by molar-refractivity contribution is 6.14. The first-order valence-corrected chi connectivity index (χ1v) is 15.2. The van der Waals surface area contributed by atoms with E-state index in [9.17, 15) is 4.79 Å².